The molecule has 0 aromatic heterocycles. The standard InChI is InChI=1S/C9H13NO3/c1-13-9(6-10-7-11)4-2-3-8(12)5-9/h2-4,7,12H,5-6H2,1H3,(H,10,11). The highest BCUT2D eigenvalue weighted by molar-refractivity contribution is 5.46. The van der Waals surface area contributed by atoms with Gasteiger partial charge in [-0.25, -0.2) is 0 Å². The highest BCUT2D eigenvalue weighted by atomic mass is 16.5. The topological polar surface area (TPSA) is 58.6 Å². The van der Waals surface area contributed by atoms with E-state index < -0.39 is 5.60 Å². The third-order valence-corrected chi connectivity index (χ3v) is 2.06. The minimum absolute atomic E-state index is 0.261. The molecule has 0 heterocycles. The number of amides is 1. The monoisotopic (exact) mass is 183 g/mol. The van der Waals surface area contributed by atoms with Crippen LogP contribution >= 0.6 is 0 Å². The Hall–Kier alpha value is -1.29. The molecule has 0 bridgehead atoms. The van der Waals surface area contributed by atoms with E-state index in [0.29, 0.717) is 19.4 Å². The van der Waals surface area contributed by atoms with Gasteiger partial charge < -0.3 is 15.2 Å². The number of nitrogens with one attached hydrogen (secondary N) is 1. The van der Waals surface area contributed by atoms with Crippen LogP contribution in [0.2, 0.25) is 0 Å². The molecule has 72 valence electrons. The lowest BCUT2D eigenvalue weighted by molar-refractivity contribution is -0.110. The van der Waals surface area contributed by atoms with Gasteiger partial charge in [-0.1, -0.05) is 12.2 Å². The smallest absolute Gasteiger partial charge is 0.207 e. The Labute approximate surface area is 76.9 Å². The van der Waals surface area contributed by atoms with Crippen molar-refractivity contribution in [2.75, 3.05) is 13.7 Å². The van der Waals surface area contributed by atoms with Gasteiger partial charge in [-0.05, 0) is 6.08 Å². The molecule has 0 aliphatic heterocycles. The molecule has 0 saturated heterocycles. The number of carbonyl (C=O) groups excluding carboxylic acids is 1. The molecule has 1 aliphatic rings. The molecular weight excluding hydrogens is 170 g/mol. The van der Waals surface area contributed by atoms with Crippen molar-refractivity contribution < 1.29 is 14.6 Å². The van der Waals surface area contributed by atoms with Gasteiger partial charge in [0, 0.05) is 13.5 Å². The quantitative estimate of drug-likeness (QED) is 0.625. The summed E-state index contributed by atoms with van der Waals surface area (Å²) in [6, 6.07) is 0. The van der Waals surface area contributed by atoms with Crippen molar-refractivity contribution in [3.63, 3.8) is 0 Å². The first-order valence-electron chi connectivity index (χ1n) is 4.02. The summed E-state index contributed by atoms with van der Waals surface area (Å²) in [7, 11) is 1.55. The van der Waals surface area contributed by atoms with Crippen LogP contribution < -0.4 is 5.32 Å². The van der Waals surface area contributed by atoms with E-state index in [0.717, 1.165) is 0 Å². The van der Waals surface area contributed by atoms with Crippen molar-refractivity contribution in [2.24, 2.45) is 0 Å². The SMILES string of the molecule is COC1(CNC=O)C=CC=C(O)C1. The van der Waals surface area contributed by atoms with E-state index in [2.05, 4.69) is 5.32 Å². The predicted molar refractivity (Wildman–Crippen MR) is 48.3 cm³/mol. The second-order valence-corrected chi connectivity index (χ2v) is 2.96. The first-order chi connectivity index (χ1) is 6.22. The zero-order chi connectivity index (χ0) is 9.73. The van der Waals surface area contributed by atoms with E-state index in [-0.39, 0.29) is 5.76 Å². The van der Waals surface area contributed by atoms with Gasteiger partial charge in [0.05, 0.1) is 12.3 Å². The lowest BCUT2D eigenvalue weighted by atomic mass is 9.94. The Bertz CT molecular complexity index is 247. The second-order valence-electron chi connectivity index (χ2n) is 2.96. The first kappa shape index (κ1) is 9.80. The second kappa shape index (κ2) is 4.09. The third-order valence-electron chi connectivity index (χ3n) is 2.06. The zero-order valence-electron chi connectivity index (χ0n) is 7.49. The van der Waals surface area contributed by atoms with Gasteiger partial charge in [-0.15, -0.1) is 0 Å². The van der Waals surface area contributed by atoms with Crippen molar-refractivity contribution in [1.82, 2.24) is 5.32 Å². The molecule has 0 saturated carbocycles. The number of hydrogen-bond acceptors (Lipinski definition) is 3. The number of methoxy groups -OCH3 is 1. The highest BCUT2D eigenvalue weighted by Gasteiger charge is 2.29. The van der Waals surface area contributed by atoms with Crippen molar-refractivity contribution >= 4 is 6.41 Å². The van der Waals surface area contributed by atoms with Crippen LogP contribution in [0.25, 0.3) is 0 Å². The van der Waals surface area contributed by atoms with Crippen LogP contribution in [0.4, 0.5) is 0 Å². The molecule has 13 heavy (non-hydrogen) atoms. The molecule has 2 N–H and O–H groups in total. The lowest BCUT2D eigenvalue weighted by Crippen LogP contribution is -2.41. The Morgan fingerprint density at radius 3 is 3.15 bits per heavy atom. The summed E-state index contributed by atoms with van der Waals surface area (Å²) in [5, 5.41) is 11.8. The van der Waals surface area contributed by atoms with Gasteiger partial charge >= 0.3 is 0 Å². The Kier molecular flexibility index (Phi) is 3.08. The molecule has 1 amide bonds. The average Bonchev–Trinajstić information content (AvgIpc) is 2.15. The van der Waals surface area contributed by atoms with Gasteiger partial charge in [-0.2, -0.15) is 0 Å². The molecule has 0 radical (unpaired) electrons. The maximum Gasteiger partial charge on any atom is 0.207 e. The highest BCUT2D eigenvalue weighted by Crippen LogP contribution is 2.24. The molecule has 1 atom stereocenters. The van der Waals surface area contributed by atoms with E-state index in [4.69, 9.17) is 4.74 Å². The summed E-state index contributed by atoms with van der Waals surface area (Å²) >= 11 is 0. The summed E-state index contributed by atoms with van der Waals surface area (Å²) in [5.74, 6) is 0.261. The van der Waals surface area contributed by atoms with Crippen LogP contribution in [0.5, 0.6) is 0 Å². The fourth-order valence-corrected chi connectivity index (χ4v) is 1.31. The molecule has 0 aromatic rings. The van der Waals surface area contributed by atoms with E-state index in [1.807, 2.05) is 6.08 Å². The average molecular weight is 183 g/mol. The predicted octanol–water partition coefficient (Wildman–Crippen LogP) is 0.519. The van der Waals surface area contributed by atoms with Crippen LogP contribution in [-0.2, 0) is 9.53 Å². The molecule has 0 spiro atoms. The van der Waals surface area contributed by atoms with Crippen LogP contribution in [0.15, 0.2) is 24.0 Å². The Morgan fingerprint density at radius 1 is 1.85 bits per heavy atom. The molecule has 1 unspecified atom stereocenters. The lowest BCUT2D eigenvalue weighted by Gasteiger charge is -2.30. The number of ether oxygens (including phenoxy) is 1. The maximum absolute atomic E-state index is 10.1. The van der Waals surface area contributed by atoms with Crippen LogP contribution in [-0.4, -0.2) is 30.8 Å². The summed E-state index contributed by atoms with van der Waals surface area (Å²) in [6.45, 7) is 0.363. The largest absolute Gasteiger partial charge is 0.512 e. The van der Waals surface area contributed by atoms with Crippen LogP contribution in [0.3, 0.4) is 0 Å². The number of aliphatic hydroxyl groups is 1. The van der Waals surface area contributed by atoms with Crippen molar-refractivity contribution in [3.8, 4) is 0 Å². The molecule has 1 aliphatic carbocycles. The number of carbonyl (C=O) groups is 1. The Balaban J connectivity index is 2.66. The molecule has 4 nitrogen and oxygen atoms in total. The minimum atomic E-state index is -0.597. The van der Waals surface area contributed by atoms with E-state index in [1.54, 1.807) is 19.3 Å². The molecule has 4 heteroatoms. The van der Waals surface area contributed by atoms with E-state index >= 15 is 0 Å². The van der Waals surface area contributed by atoms with Gasteiger partial charge in [0.2, 0.25) is 6.41 Å². The van der Waals surface area contributed by atoms with Gasteiger partial charge in [0.1, 0.15) is 5.60 Å². The van der Waals surface area contributed by atoms with Crippen molar-refractivity contribution in [2.45, 2.75) is 12.0 Å². The third kappa shape index (κ3) is 2.32. The summed E-state index contributed by atoms with van der Waals surface area (Å²) in [4.78, 5) is 10.1. The number of aliphatic hydroxyl groups excluding tert-OH is 1. The van der Waals surface area contributed by atoms with Gasteiger partial charge in [0.15, 0.2) is 0 Å². The Morgan fingerprint density at radius 2 is 2.62 bits per heavy atom. The fraction of sp³-hybridized carbons (Fsp3) is 0.444. The van der Waals surface area contributed by atoms with Crippen molar-refractivity contribution in [3.05, 3.63) is 24.0 Å². The summed E-state index contributed by atoms with van der Waals surface area (Å²) in [6.07, 6.45) is 6.15. The number of rotatable bonds is 4. The van der Waals surface area contributed by atoms with E-state index in [1.165, 1.54) is 0 Å². The minimum Gasteiger partial charge on any atom is -0.512 e. The molecular formula is C9H13NO3. The number of hydrogen-bond donors (Lipinski definition) is 2. The van der Waals surface area contributed by atoms with Crippen LogP contribution in [0.1, 0.15) is 6.42 Å². The normalized spacial score (nSPS) is 26.7. The maximum atomic E-state index is 10.1. The fourth-order valence-electron chi connectivity index (χ4n) is 1.31. The molecule has 0 aromatic carbocycles. The number of allylic oxidation sites excluding steroid dienone is 2. The summed E-state index contributed by atoms with van der Waals surface area (Å²) < 4.78 is 5.24. The first-order valence-corrected chi connectivity index (χ1v) is 4.02. The summed E-state index contributed by atoms with van der Waals surface area (Å²) in [5.41, 5.74) is -0.597. The molecule has 0 fully saturated rings. The van der Waals surface area contributed by atoms with Crippen LogP contribution in [0, 0.1) is 0 Å². The van der Waals surface area contributed by atoms with Gasteiger partial charge in [0.25, 0.3) is 0 Å². The van der Waals surface area contributed by atoms with Crippen molar-refractivity contribution in [1.29, 1.82) is 0 Å². The van der Waals surface area contributed by atoms with Gasteiger partial charge in [-0.3, -0.25) is 4.79 Å². The zero-order valence-corrected chi connectivity index (χ0v) is 7.49. The molecule has 1 rings (SSSR count). The van der Waals surface area contributed by atoms with E-state index in [9.17, 15) is 9.90 Å².